The Hall–Kier alpha value is -2.34. The van der Waals surface area contributed by atoms with E-state index in [9.17, 15) is 0 Å². The fourth-order valence-corrected chi connectivity index (χ4v) is 1.94. The number of benzene rings is 1. The molecule has 4 N–H and O–H groups in total. The summed E-state index contributed by atoms with van der Waals surface area (Å²) in [5.74, 6) is 0.923. The van der Waals surface area contributed by atoms with Crippen molar-refractivity contribution in [2.75, 3.05) is 0 Å². The molecule has 0 bridgehead atoms. The number of aromatic nitrogens is 1. The molecule has 0 aliphatic rings. The monoisotopic (exact) mass is 274 g/mol. The molecule has 0 unspecified atom stereocenters. The molecule has 20 heavy (non-hydrogen) atoms. The lowest BCUT2D eigenvalue weighted by Crippen LogP contribution is -2.16. The zero-order valence-corrected chi connectivity index (χ0v) is 11.6. The summed E-state index contributed by atoms with van der Waals surface area (Å²) in [6.45, 7) is 5.23. The fraction of sp³-hybridized carbons (Fsp3) is 0.286. The van der Waals surface area contributed by atoms with Gasteiger partial charge in [0.05, 0.1) is 5.69 Å². The van der Waals surface area contributed by atoms with E-state index in [0.29, 0.717) is 18.7 Å². The number of rotatable bonds is 5. The van der Waals surface area contributed by atoms with Gasteiger partial charge in [-0.25, -0.2) is 0 Å². The number of aryl methyl sites for hydroxylation is 2. The molecule has 0 amide bonds. The molecular weight excluding hydrogens is 256 g/mol. The minimum atomic E-state index is 0.116. The van der Waals surface area contributed by atoms with Crippen LogP contribution in [0.4, 0.5) is 0 Å². The van der Waals surface area contributed by atoms with Crippen LogP contribution in [-0.2, 0) is 13.1 Å². The van der Waals surface area contributed by atoms with Crippen LogP contribution in [0.25, 0.3) is 0 Å². The smallest absolute Gasteiger partial charge is 0.170 e. The van der Waals surface area contributed by atoms with Gasteiger partial charge in [-0.05, 0) is 31.0 Å². The molecule has 0 spiro atoms. The topological polar surface area (TPSA) is 96.7 Å². The van der Waals surface area contributed by atoms with E-state index >= 15 is 0 Å². The van der Waals surface area contributed by atoms with Crippen LogP contribution in [0.3, 0.4) is 0 Å². The largest absolute Gasteiger partial charge is 0.409 e. The molecule has 0 aliphatic carbocycles. The van der Waals surface area contributed by atoms with Gasteiger partial charge in [-0.3, -0.25) is 0 Å². The number of nitrogens with one attached hydrogen (secondary N) is 1. The molecule has 0 atom stereocenters. The third-order valence-electron chi connectivity index (χ3n) is 3.04. The highest BCUT2D eigenvalue weighted by atomic mass is 16.5. The molecule has 1 aromatic carbocycles. The minimum absolute atomic E-state index is 0.116. The summed E-state index contributed by atoms with van der Waals surface area (Å²) in [7, 11) is 0. The van der Waals surface area contributed by atoms with Gasteiger partial charge in [0, 0.05) is 24.7 Å². The Bertz CT molecular complexity index is 619. The van der Waals surface area contributed by atoms with Gasteiger partial charge in [0.1, 0.15) is 5.76 Å². The van der Waals surface area contributed by atoms with E-state index in [1.54, 1.807) is 0 Å². The Morgan fingerprint density at radius 2 is 2.15 bits per heavy atom. The van der Waals surface area contributed by atoms with Crippen molar-refractivity contribution in [1.82, 2.24) is 10.5 Å². The van der Waals surface area contributed by atoms with E-state index in [2.05, 4.69) is 15.6 Å². The maximum atomic E-state index is 8.65. The SMILES string of the molecule is Cc1cc(CNCc2ccc(/C(N)=N/O)cc2C)no1. The molecule has 106 valence electrons. The number of hydrogen-bond acceptors (Lipinski definition) is 5. The Labute approximate surface area is 117 Å². The summed E-state index contributed by atoms with van der Waals surface area (Å²) in [5.41, 5.74) is 9.38. The first kappa shape index (κ1) is 14.1. The molecule has 6 heteroatoms. The first-order valence-electron chi connectivity index (χ1n) is 6.30. The van der Waals surface area contributed by atoms with Crippen molar-refractivity contribution >= 4 is 5.84 Å². The summed E-state index contributed by atoms with van der Waals surface area (Å²) < 4.78 is 5.00. The first-order valence-corrected chi connectivity index (χ1v) is 6.30. The molecule has 6 nitrogen and oxygen atoms in total. The van der Waals surface area contributed by atoms with Crippen LogP contribution < -0.4 is 11.1 Å². The zero-order chi connectivity index (χ0) is 14.5. The van der Waals surface area contributed by atoms with Gasteiger partial charge in [0.25, 0.3) is 0 Å². The van der Waals surface area contributed by atoms with Crippen LogP contribution in [0.2, 0.25) is 0 Å². The van der Waals surface area contributed by atoms with Gasteiger partial charge in [-0.1, -0.05) is 22.4 Å². The highest BCUT2D eigenvalue weighted by Gasteiger charge is 2.04. The average molecular weight is 274 g/mol. The highest BCUT2D eigenvalue weighted by Crippen LogP contribution is 2.11. The highest BCUT2D eigenvalue weighted by molar-refractivity contribution is 5.97. The van der Waals surface area contributed by atoms with Crippen molar-refractivity contribution in [3.8, 4) is 0 Å². The minimum Gasteiger partial charge on any atom is -0.409 e. The lowest BCUT2D eigenvalue weighted by molar-refractivity contribution is 0.318. The zero-order valence-electron chi connectivity index (χ0n) is 11.6. The normalized spacial score (nSPS) is 11.8. The molecule has 2 aromatic rings. The van der Waals surface area contributed by atoms with Crippen LogP contribution in [0, 0.1) is 13.8 Å². The second kappa shape index (κ2) is 6.21. The lowest BCUT2D eigenvalue weighted by Gasteiger charge is -2.08. The second-order valence-electron chi connectivity index (χ2n) is 4.66. The molecule has 1 heterocycles. The molecule has 0 saturated heterocycles. The van der Waals surface area contributed by atoms with E-state index in [4.69, 9.17) is 15.5 Å². The van der Waals surface area contributed by atoms with Crippen LogP contribution >= 0.6 is 0 Å². The van der Waals surface area contributed by atoms with Gasteiger partial charge in [-0.15, -0.1) is 0 Å². The van der Waals surface area contributed by atoms with Crippen molar-refractivity contribution in [2.45, 2.75) is 26.9 Å². The van der Waals surface area contributed by atoms with Crippen molar-refractivity contribution < 1.29 is 9.73 Å². The van der Waals surface area contributed by atoms with Crippen LogP contribution in [0.1, 0.15) is 28.1 Å². The van der Waals surface area contributed by atoms with Gasteiger partial charge in [0.15, 0.2) is 5.84 Å². The van der Waals surface area contributed by atoms with Crippen molar-refractivity contribution in [1.29, 1.82) is 0 Å². The number of hydrogen-bond donors (Lipinski definition) is 3. The maximum Gasteiger partial charge on any atom is 0.170 e. The van der Waals surface area contributed by atoms with Crippen LogP contribution in [0.15, 0.2) is 33.9 Å². The number of nitrogens with two attached hydrogens (primary N) is 1. The molecular formula is C14H18N4O2. The van der Waals surface area contributed by atoms with Gasteiger partial charge >= 0.3 is 0 Å². The Morgan fingerprint density at radius 3 is 2.75 bits per heavy atom. The van der Waals surface area contributed by atoms with Gasteiger partial charge in [-0.2, -0.15) is 0 Å². The predicted molar refractivity (Wildman–Crippen MR) is 75.5 cm³/mol. The molecule has 0 aliphatic heterocycles. The summed E-state index contributed by atoms with van der Waals surface area (Å²) >= 11 is 0. The molecule has 0 saturated carbocycles. The summed E-state index contributed by atoms with van der Waals surface area (Å²) in [6.07, 6.45) is 0. The standard InChI is InChI=1S/C14H18N4O2/c1-9-5-11(14(15)17-19)3-4-12(9)7-16-8-13-6-10(2)20-18-13/h3-6,16,19H,7-8H2,1-2H3,(H2,15,17). The van der Waals surface area contributed by atoms with E-state index in [1.165, 1.54) is 0 Å². The Morgan fingerprint density at radius 1 is 1.35 bits per heavy atom. The quantitative estimate of drug-likeness (QED) is 0.333. The van der Waals surface area contributed by atoms with Crippen molar-refractivity contribution in [3.05, 3.63) is 52.4 Å². The predicted octanol–water partition coefficient (Wildman–Crippen LogP) is 1.68. The molecule has 0 radical (unpaired) electrons. The van der Waals surface area contributed by atoms with E-state index in [0.717, 1.165) is 22.6 Å². The number of oxime groups is 1. The van der Waals surface area contributed by atoms with Crippen molar-refractivity contribution in [2.24, 2.45) is 10.9 Å². The van der Waals surface area contributed by atoms with E-state index < -0.39 is 0 Å². The molecule has 0 fully saturated rings. The summed E-state index contributed by atoms with van der Waals surface area (Å²) in [4.78, 5) is 0. The molecule has 1 aromatic heterocycles. The Balaban J connectivity index is 1.96. The third-order valence-corrected chi connectivity index (χ3v) is 3.04. The van der Waals surface area contributed by atoms with Crippen molar-refractivity contribution in [3.63, 3.8) is 0 Å². The summed E-state index contributed by atoms with van der Waals surface area (Å²) in [6, 6.07) is 7.59. The molecule has 2 rings (SSSR count). The summed E-state index contributed by atoms with van der Waals surface area (Å²) in [5, 5.41) is 18.9. The number of nitrogens with zero attached hydrogens (tertiary/aromatic N) is 2. The van der Waals surface area contributed by atoms with Gasteiger partial charge in [0.2, 0.25) is 0 Å². The second-order valence-corrected chi connectivity index (χ2v) is 4.66. The first-order chi connectivity index (χ1) is 9.60. The maximum absolute atomic E-state index is 8.65. The van der Waals surface area contributed by atoms with Crippen LogP contribution in [0.5, 0.6) is 0 Å². The Kier molecular flexibility index (Phi) is 4.37. The van der Waals surface area contributed by atoms with E-state index in [-0.39, 0.29) is 5.84 Å². The third kappa shape index (κ3) is 3.36. The lowest BCUT2D eigenvalue weighted by atomic mass is 10.0. The van der Waals surface area contributed by atoms with E-state index in [1.807, 2.05) is 38.1 Å². The van der Waals surface area contributed by atoms with Gasteiger partial charge < -0.3 is 20.8 Å². The average Bonchev–Trinajstić information content (AvgIpc) is 2.85. The van der Waals surface area contributed by atoms with Crippen LogP contribution in [-0.4, -0.2) is 16.2 Å². The number of amidine groups is 1. The fourth-order valence-electron chi connectivity index (χ4n) is 1.94.